The van der Waals surface area contributed by atoms with E-state index in [9.17, 15) is 0 Å². The maximum atomic E-state index is 5.29. The topological polar surface area (TPSA) is 33.1 Å². The number of fused-ring (bicyclic) bond motifs is 1. The number of aromatic nitrogens is 3. The second-order valence-electron chi connectivity index (χ2n) is 4.27. The lowest BCUT2D eigenvalue weighted by Crippen LogP contribution is -2.09. The van der Waals surface area contributed by atoms with E-state index in [2.05, 4.69) is 16.1 Å². The van der Waals surface area contributed by atoms with Crippen molar-refractivity contribution in [3.63, 3.8) is 0 Å². The Morgan fingerprint density at radius 1 is 1.47 bits per heavy atom. The van der Waals surface area contributed by atoms with Gasteiger partial charge in [0.05, 0.1) is 0 Å². The first-order chi connectivity index (χ1) is 7.24. The lowest BCUT2D eigenvalue weighted by Gasteiger charge is -2.23. The fraction of sp³-hybridized carbons (Fsp3) is 0.455. The van der Waals surface area contributed by atoms with Gasteiger partial charge in [-0.15, -0.1) is 0 Å². The van der Waals surface area contributed by atoms with Crippen molar-refractivity contribution in [3.8, 4) is 0 Å². The average molecular weight is 219 g/mol. The van der Waals surface area contributed by atoms with Crippen molar-refractivity contribution in [3.05, 3.63) is 28.2 Å². The molecule has 3 nitrogen and oxygen atoms in total. The van der Waals surface area contributed by atoms with Crippen LogP contribution in [0.15, 0.2) is 12.1 Å². The van der Waals surface area contributed by atoms with Gasteiger partial charge in [0.15, 0.2) is 5.65 Å². The third-order valence-corrected chi connectivity index (χ3v) is 3.44. The van der Waals surface area contributed by atoms with Crippen molar-refractivity contribution < 1.29 is 0 Å². The van der Waals surface area contributed by atoms with Crippen molar-refractivity contribution in [2.45, 2.75) is 32.1 Å². The van der Waals surface area contributed by atoms with Crippen LogP contribution in [0.2, 0.25) is 0 Å². The SMILES string of the molecule is Cc1cc(=S)n2[nH]c(C3CCC3)cc2n1. The summed E-state index contributed by atoms with van der Waals surface area (Å²) in [6.45, 7) is 1.98. The van der Waals surface area contributed by atoms with Crippen LogP contribution in [0.1, 0.15) is 36.6 Å². The molecule has 1 saturated carbocycles. The van der Waals surface area contributed by atoms with Gasteiger partial charge in [-0.3, -0.25) is 5.10 Å². The van der Waals surface area contributed by atoms with Gasteiger partial charge in [0.1, 0.15) is 4.64 Å². The second-order valence-corrected chi connectivity index (χ2v) is 4.69. The van der Waals surface area contributed by atoms with Gasteiger partial charge in [-0.05, 0) is 25.8 Å². The summed E-state index contributed by atoms with van der Waals surface area (Å²) in [5.74, 6) is 0.696. The van der Waals surface area contributed by atoms with Crippen LogP contribution >= 0.6 is 12.2 Å². The fourth-order valence-electron chi connectivity index (χ4n) is 2.06. The summed E-state index contributed by atoms with van der Waals surface area (Å²) in [4.78, 5) is 4.46. The molecule has 0 aliphatic heterocycles. The molecule has 0 aromatic carbocycles. The quantitative estimate of drug-likeness (QED) is 0.748. The third kappa shape index (κ3) is 1.40. The van der Waals surface area contributed by atoms with E-state index in [4.69, 9.17) is 12.2 Å². The molecule has 0 radical (unpaired) electrons. The zero-order valence-electron chi connectivity index (χ0n) is 8.66. The molecule has 78 valence electrons. The van der Waals surface area contributed by atoms with Crippen LogP contribution in [-0.2, 0) is 0 Å². The summed E-state index contributed by atoms with van der Waals surface area (Å²) in [5, 5.41) is 3.34. The monoisotopic (exact) mass is 219 g/mol. The van der Waals surface area contributed by atoms with E-state index in [0.29, 0.717) is 5.92 Å². The predicted molar refractivity (Wildman–Crippen MR) is 61.7 cm³/mol. The van der Waals surface area contributed by atoms with Crippen molar-refractivity contribution in [1.82, 2.24) is 14.6 Å². The fourth-order valence-corrected chi connectivity index (χ4v) is 2.37. The van der Waals surface area contributed by atoms with Gasteiger partial charge in [-0.2, -0.15) is 0 Å². The molecule has 1 fully saturated rings. The summed E-state index contributed by atoms with van der Waals surface area (Å²) < 4.78 is 2.71. The van der Waals surface area contributed by atoms with Gasteiger partial charge in [0, 0.05) is 23.4 Å². The Bertz CT molecular complexity index is 563. The maximum Gasteiger partial charge on any atom is 0.154 e. The minimum absolute atomic E-state index is 0.696. The molecule has 0 atom stereocenters. The first-order valence-corrected chi connectivity index (χ1v) is 5.74. The van der Waals surface area contributed by atoms with Crippen LogP contribution in [-0.4, -0.2) is 14.6 Å². The number of rotatable bonds is 1. The summed E-state index contributed by atoms with van der Waals surface area (Å²) in [6, 6.07) is 4.05. The van der Waals surface area contributed by atoms with Gasteiger partial charge in [0.25, 0.3) is 0 Å². The lowest BCUT2D eigenvalue weighted by molar-refractivity contribution is 0.409. The summed E-state index contributed by atoms with van der Waals surface area (Å²) >= 11 is 5.29. The molecule has 1 aliphatic carbocycles. The van der Waals surface area contributed by atoms with Crippen molar-refractivity contribution in [1.29, 1.82) is 0 Å². The molecule has 0 bridgehead atoms. The molecule has 2 heterocycles. The highest BCUT2D eigenvalue weighted by molar-refractivity contribution is 7.71. The van der Waals surface area contributed by atoms with E-state index in [1.807, 2.05) is 17.5 Å². The molecule has 3 rings (SSSR count). The highest BCUT2D eigenvalue weighted by Gasteiger charge is 2.21. The number of aromatic amines is 1. The second kappa shape index (κ2) is 3.17. The first kappa shape index (κ1) is 9.09. The molecule has 4 heteroatoms. The van der Waals surface area contributed by atoms with Crippen molar-refractivity contribution in [2.75, 3.05) is 0 Å². The van der Waals surface area contributed by atoms with Crippen LogP contribution in [0.5, 0.6) is 0 Å². The Kier molecular flexibility index (Phi) is 1.92. The van der Waals surface area contributed by atoms with Crippen LogP contribution < -0.4 is 0 Å². The van der Waals surface area contributed by atoms with Crippen LogP contribution in [0.3, 0.4) is 0 Å². The number of hydrogen-bond donors (Lipinski definition) is 1. The molecule has 2 aromatic heterocycles. The Balaban J connectivity index is 2.20. The minimum Gasteiger partial charge on any atom is -0.295 e. The van der Waals surface area contributed by atoms with Gasteiger partial charge < -0.3 is 0 Å². The lowest BCUT2D eigenvalue weighted by atomic mass is 9.83. The standard InChI is InChI=1S/C11H13N3S/c1-7-5-11(15)14-10(12-7)6-9(13-14)8-3-2-4-8/h5-6,8,13H,2-4H2,1H3. The van der Waals surface area contributed by atoms with E-state index in [-0.39, 0.29) is 0 Å². The molecule has 0 amide bonds. The molecule has 1 N–H and O–H groups in total. The highest BCUT2D eigenvalue weighted by atomic mass is 32.1. The molecular weight excluding hydrogens is 206 g/mol. The molecule has 0 spiro atoms. The molecule has 2 aromatic rings. The molecule has 1 aliphatic rings. The van der Waals surface area contributed by atoms with Crippen LogP contribution in [0.25, 0.3) is 5.65 Å². The van der Waals surface area contributed by atoms with E-state index in [1.165, 1.54) is 25.0 Å². The zero-order chi connectivity index (χ0) is 10.4. The number of aryl methyl sites for hydroxylation is 1. The van der Waals surface area contributed by atoms with Crippen LogP contribution in [0.4, 0.5) is 0 Å². The van der Waals surface area contributed by atoms with Gasteiger partial charge in [0.2, 0.25) is 0 Å². The number of hydrogen-bond acceptors (Lipinski definition) is 2. The van der Waals surface area contributed by atoms with Crippen molar-refractivity contribution >= 4 is 17.9 Å². The molecule has 0 unspecified atom stereocenters. The average Bonchev–Trinajstić information content (AvgIpc) is 2.44. The summed E-state index contributed by atoms with van der Waals surface area (Å²) in [6.07, 6.45) is 3.93. The maximum absolute atomic E-state index is 5.29. The first-order valence-electron chi connectivity index (χ1n) is 5.33. The Morgan fingerprint density at radius 3 is 2.93 bits per heavy atom. The predicted octanol–water partition coefficient (Wildman–Crippen LogP) is 2.97. The minimum atomic E-state index is 0.696. The van der Waals surface area contributed by atoms with E-state index < -0.39 is 0 Å². The smallest absolute Gasteiger partial charge is 0.154 e. The zero-order valence-corrected chi connectivity index (χ0v) is 9.47. The van der Waals surface area contributed by atoms with E-state index in [1.54, 1.807) is 0 Å². The summed E-state index contributed by atoms with van der Waals surface area (Å²) in [7, 11) is 0. The molecular formula is C11H13N3S. The molecule has 0 saturated heterocycles. The highest BCUT2D eigenvalue weighted by Crippen LogP contribution is 2.35. The van der Waals surface area contributed by atoms with Crippen LogP contribution in [0, 0.1) is 11.6 Å². The normalized spacial score (nSPS) is 16.9. The van der Waals surface area contributed by atoms with Gasteiger partial charge in [-0.25, -0.2) is 9.50 Å². The van der Waals surface area contributed by atoms with Gasteiger partial charge >= 0.3 is 0 Å². The van der Waals surface area contributed by atoms with E-state index in [0.717, 1.165) is 16.0 Å². The number of nitrogens with zero attached hydrogens (tertiary/aromatic N) is 2. The Hall–Kier alpha value is -1.16. The Morgan fingerprint density at radius 2 is 2.27 bits per heavy atom. The summed E-state index contributed by atoms with van der Waals surface area (Å²) in [5.41, 5.74) is 3.21. The Labute approximate surface area is 93.1 Å². The van der Waals surface area contributed by atoms with E-state index >= 15 is 0 Å². The number of nitrogens with one attached hydrogen (secondary N) is 1. The van der Waals surface area contributed by atoms with Gasteiger partial charge in [-0.1, -0.05) is 18.6 Å². The number of H-pyrrole nitrogens is 1. The largest absolute Gasteiger partial charge is 0.295 e. The van der Waals surface area contributed by atoms with Crippen molar-refractivity contribution in [2.24, 2.45) is 0 Å². The molecule has 15 heavy (non-hydrogen) atoms. The third-order valence-electron chi connectivity index (χ3n) is 3.14.